The van der Waals surface area contributed by atoms with Crippen molar-refractivity contribution in [1.29, 1.82) is 0 Å². The zero-order valence-electron chi connectivity index (χ0n) is 10.4. The summed E-state index contributed by atoms with van der Waals surface area (Å²) >= 11 is 0. The Kier molecular flexibility index (Phi) is 4.30. The maximum Gasteiger partial charge on any atom is 0.389 e. The summed E-state index contributed by atoms with van der Waals surface area (Å²) in [6.07, 6.45) is 0.772. The van der Waals surface area contributed by atoms with E-state index in [1.54, 1.807) is 0 Å². The van der Waals surface area contributed by atoms with Crippen molar-refractivity contribution >= 4 is 5.78 Å². The molecule has 0 spiro atoms. The van der Waals surface area contributed by atoms with E-state index in [0.29, 0.717) is 18.4 Å². The lowest BCUT2D eigenvalue weighted by molar-refractivity contribution is -0.144. The molecule has 0 radical (unpaired) electrons. The normalized spacial score (nSPS) is 32.9. The van der Waals surface area contributed by atoms with Crippen LogP contribution in [0.4, 0.5) is 13.2 Å². The van der Waals surface area contributed by atoms with Gasteiger partial charge in [-0.15, -0.1) is 0 Å². The van der Waals surface area contributed by atoms with Crippen LogP contribution < -0.4 is 5.32 Å². The van der Waals surface area contributed by atoms with Gasteiger partial charge in [0.1, 0.15) is 5.78 Å². The monoisotopic (exact) mass is 263 g/mol. The van der Waals surface area contributed by atoms with Crippen LogP contribution in [-0.4, -0.2) is 24.0 Å². The van der Waals surface area contributed by atoms with Crippen LogP contribution in [0, 0.1) is 5.92 Å². The van der Waals surface area contributed by atoms with Crippen LogP contribution in [0.5, 0.6) is 0 Å². The molecule has 2 aliphatic rings. The number of ketones is 1. The van der Waals surface area contributed by atoms with E-state index in [1.165, 1.54) is 12.8 Å². The molecular weight excluding hydrogens is 243 g/mol. The molecule has 18 heavy (non-hydrogen) atoms. The molecule has 104 valence electrons. The Labute approximate surface area is 105 Å². The maximum atomic E-state index is 12.1. The average molecular weight is 263 g/mol. The summed E-state index contributed by atoms with van der Waals surface area (Å²) in [5.41, 5.74) is 0. The van der Waals surface area contributed by atoms with Crippen molar-refractivity contribution < 1.29 is 18.0 Å². The third-order valence-corrected chi connectivity index (χ3v) is 4.19. The fraction of sp³-hybridized carbons (Fsp3) is 0.923. The molecule has 1 saturated heterocycles. The largest absolute Gasteiger partial charge is 0.389 e. The van der Waals surface area contributed by atoms with E-state index in [4.69, 9.17) is 0 Å². The van der Waals surface area contributed by atoms with Crippen LogP contribution in [0.1, 0.15) is 51.4 Å². The lowest BCUT2D eigenvalue weighted by Gasteiger charge is -2.40. The highest BCUT2D eigenvalue weighted by Crippen LogP contribution is 2.33. The standard InChI is InChI=1S/C13H20F3NO/c14-13(15,16)8-7-12(18)11-6-5-9-3-1-2-4-10(9)17-11/h9-11,17H,1-8H2. The van der Waals surface area contributed by atoms with Crippen molar-refractivity contribution in [3.05, 3.63) is 0 Å². The number of alkyl halides is 3. The number of carbonyl (C=O) groups excluding carboxylic acids is 1. The van der Waals surface area contributed by atoms with Crippen LogP contribution in [0.25, 0.3) is 0 Å². The predicted molar refractivity (Wildman–Crippen MR) is 62.2 cm³/mol. The molecule has 1 aliphatic carbocycles. The second kappa shape index (κ2) is 5.59. The highest BCUT2D eigenvalue weighted by Gasteiger charge is 2.35. The van der Waals surface area contributed by atoms with E-state index in [9.17, 15) is 18.0 Å². The summed E-state index contributed by atoms with van der Waals surface area (Å²) in [5.74, 6) is 0.363. The van der Waals surface area contributed by atoms with Crippen LogP contribution in [-0.2, 0) is 4.79 Å². The van der Waals surface area contributed by atoms with Crippen LogP contribution in [0.15, 0.2) is 0 Å². The predicted octanol–water partition coefficient (Wildman–Crippen LogP) is 3.21. The van der Waals surface area contributed by atoms with Crippen molar-refractivity contribution in [2.24, 2.45) is 5.92 Å². The fourth-order valence-electron chi connectivity index (χ4n) is 3.19. The van der Waals surface area contributed by atoms with Crippen LogP contribution in [0.3, 0.4) is 0 Å². The SMILES string of the molecule is O=C(CCC(F)(F)F)C1CCC2CCCCC2N1. The minimum absolute atomic E-state index is 0.267. The summed E-state index contributed by atoms with van der Waals surface area (Å²) in [6.45, 7) is 0. The molecule has 0 aromatic rings. The average Bonchev–Trinajstić information content (AvgIpc) is 2.34. The lowest BCUT2D eigenvalue weighted by Crippen LogP contribution is -2.52. The summed E-state index contributed by atoms with van der Waals surface area (Å²) in [4.78, 5) is 11.8. The molecule has 3 atom stereocenters. The first-order valence-corrected chi connectivity index (χ1v) is 6.81. The quantitative estimate of drug-likeness (QED) is 0.847. The van der Waals surface area contributed by atoms with Gasteiger partial charge in [0.15, 0.2) is 0 Å². The Morgan fingerprint density at radius 3 is 2.56 bits per heavy atom. The molecule has 1 N–H and O–H groups in total. The molecule has 1 heterocycles. The molecule has 0 aromatic carbocycles. The van der Waals surface area contributed by atoms with E-state index in [1.807, 2.05) is 0 Å². The van der Waals surface area contributed by atoms with Gasteiger partial charge in [-0.1, -0.05) is 12.8 Å². The molecule has 5 heteroatoms. The van der Waals surface area contributed by atoms with Crippen molar-refractivity contribution in [2.75, 3.05) is 0 Å². The number of fused-ring (bicyclic) bond motifs is 1. The number of rotatable bonds is 3. The first-order valence-electron chi connectivity index (χ1n) is 6.81. The summed E-state index contributed by atoms with van der Waals surface area (Å²) < 4.78 is 36.2. The molecule has 0 aromatic heterocycles. The molecule has 1 saturated carbocycles. The summed E-state index contributed by atoms with van der Waals surface area (Å²) in [7, 11) is 0. The minimum Gasteiger partial charge on any atom is -0.304 e. The van der Waals surface area contributed by atoms with Crippen molar-refractivity contribution in [3.8, 4) is 0 Å². The number of halogens is 3. The van der Waals surface area contributed by atoms with Gasteiger partial charge in [-0.25, -0.2) is 0 Å². The topological polar surface area (TPSA) is 29.1 Å². The summed E-state index contributed by atoms with van der Waals surface area (Å²) in [6, 6.07) is 0.0130. The van der Waals surface area contributed by atoms with Crippen molar-refractivity contribution in [1.82, 2.24) is 5.32 Å². The maximum absolute atomic E-state index is 12.1. The molecular formula is C13H20F3NO. The Bertz CT molecular complexity index is 303. The second-order valence-corrected chi connectivity index (χ2v) is 5.53. The highest BCUT2D eigenvalue weighted by molar-refractivity contribution is 5.84. The van der Waals surface area contributed by atoms with Gasteiger partial charge < -0.3 is 5.32 Å². The zero-order valence-corrected chi connectivity index (χ0v) is 10.4. The van der Waals surface area contributed by atoms with Gasteiger partial charge in [0.2, 0.25) is 0 Å². The van der Waals surface area contributed by atoms with E-state index in [2.05, 4.69) is 5.32 Å². The molecule has 2 rings (SSSR count). The number of carbonyl (C=O) groups is 1. The van der Waals surface area contributed by atoms with E-state index >= 15 is 0 Å². The number of hydrogen-bond acceptors (Lipinski definition) is 2. The molecule has 1 aliphatic heterocycles. The van der Waals surface area contributed by atoms with Gasteiger partial charge >= 0.3 is 6.18 Å². The van der Waals surface area contributed by atoms with E-state index < -0.39 is 12.6 Å². The van der Waals surface area contributed by atoms with Crippen molar-refractivity contribution in [3.63, 3.8) is 0 Å². The Balaban J connectivity index is 1.81. The molecule has 2 fully saturated rings. The van der Waals surface area contributed by atoms with E-state index in [0.717, 1.165) is 19.3 Å². The summed E-state index contributed by atoms with van der Waals surface area (Å²) in [5, 5.41) is 3.27. The van der Waals surface area contributed by atoms with E-state index in [-0.39, 0.29) is 18.2 Å². The Morgan fingerprint density at radius 1 is 1.11 bits per heavy atom. The molecule has 0 amide bonds. The third kappa shape index (κ3) is 3.70. The third-order valence-electron chi connectivity index (χ3n) is 4.19. The number of piperidine rings is 1. The number of nitrogens with one attached hydrogen (secondary N) is 1. The Hall–Kier alpha value is -0.580. The minimum atomic E-state index is -4.22. The van der Waals surface area contributed by atoms with Gasteiger partial charge in [0, 0.05) is 12.5 Å². The lowest BCUT2D eigenvalue weighted by atomic mass is 9.77. The first-order chi connectivity index (χ1) is 8.46. The van der Waals surface area contributed by atoms with Gasteiger partial charge in [0.05, 0.1) is 12.5 Å². The second-order valence-electron chi connectivity index (χ2n) is 5.53. The van der Waals surface area contributed by atoms with Crippen LogP contribution >= 0.6 is 0 Å². The fourth-order valence-corrected chi connectivity index (χ4v) is 3.19. The van der Waals surface area contributed by atoms with Crippen LogP contribution in [0.2, 0.25) is 0 Å². The van der Waals surface area contributed by atoms with Gasteiger partial charge in [-0.05, 0) is 31.6 Å². The first kappa shape index (κ1) is 13.8. The Morgan fingerprint density at radius 2 is 1.83 bits per heavy atom. The van der Waals surface area contributed by atoms with Gasteiger partial charge in [-0.3, -0.25) is 4.79 Å². The highest BCUT2D eigenvalue weighted by atomic mass is 19.4. The molecule has 3 unspecified atom stereocenters. The van der Waals surface area contributed by atoms with Crippen molar-refractivity contribution in [2.45, 2.75) is 69.6 Å². The van der Waals surface area contributed by atoms with Gasteiger partial charge in [0.25, 0.3) is 0 Å². The smallest absolute Gasteiger partial charge is 0.304 e. The van der Waals surface area contributed by atoms with Gasteiger partial charge in [-0.2, -0.15) is 13.2 Å². The molecule has 0 bridgehead atoms. The number of hydrogen-bond donors (Lipinski definition) is 1. The molecule has 2 nitrogen and oxygen atoms in total. The number of Topliss-reactive ketones (excluding diaryl/α,β-unsaturated/α-hetero) is 1. The zero-order chi connectivity index (χ0) is 13.2.